The number of anilines is 1. The van der Waals surface area contributed by atoms with Crippen LogP contribution in [0.15, 0.2) is 48.5 Å². The molecule has 0 unspecified atom stereocenters. The van der Waals surface area contributed by atoms with Crippen molar-refractivity contribution < 1.29 is 14.3 Å². The molecule has 6 heteroatoms. The summed E-state index contributed by atoms with van der Waals surface area (Å²) in [6.07, 6.45) is 0. The number of hydrogen-bond acceptors (Lipinski definition) is 3. The first-order valence-electron chi connectivity index (χ1n) is 7.67. The quantitative estimate of drug-likeness (QED) is 0.931. The number of benzene rings is 2. The zero-order valence-corrected chi connectivity index (χ0v) is 13.8. The van der Waals surface area contributed by atoms with Gasteiger partial charge in [-0.2, -0.15) is 0 Å². The first kappa shape index (κ1) is 16.5. The molecule has 1 fully saturated rings. The molecular weight excluding hydrogens is 328 g/mol. The maximum atomic E-state index is 12.5. The molecule has 1 heterocycles. The van der Waals surface area contributed by atoms with E-state index in [1.165, 1.54) is 0 Å². The Morgan fingerprint density at radius 3 is 2.46 bits per heavy atom. The molecule has 1 saturated heterocycles. The average Bonchev–Trinajstić information content (AvgIpc) is 2.62. The number of halogens is 1. The lowest BCUT2D eigenvalue weighted by molar-refractivity contribution is 0.0303. The van der Waals surface area contributed by atoms with Gasteiger partial charge in [0.25, 0.3) is 11.8 Å². The summed E-state index contributed by atoms with van der Waals surface area (Å²) in [7, 11) is 0. The van der Waals surface area contributed by atoms with E-state index in [2.05, 4.69) is 5.32 Å². The molecule has 0 atom stereocenters. The Morgan fingerprint density at radius 2 is 1.71 bits per heavy atom. The number of ether oxygens (including phenoxy) is 1. The number of nitrogens with zero attached hydrogens (tertiary/aromatic N) is 1. The molecule has 1 N–H and O–H groups in total. The monoisotopic (exact) mass is 344 g/mol. The van der Waals surface area contributed by atoms with Crippen LogP contribution < -0.4 is 5.32 Å². The number of nitrogens with one attached hydrogen (secondary N) is 1. The van der Waals surface area contributed by atoms with Crippen molar-refractivity contribution in [2.75, 3.05) is 31.6 Å². The van der Waals surface area contributed by atoms with Crippen molar-refractivity contribution in [3.05, 3.63) is 64.7 Å². The summed E-state index contributed by atoms with van der Waals surface area (Å²) >= 11 is 5.92. The van der Waals surface area contributed by atoms with Gasteiger partial charge in [0.05, 0.1) is 13.2 Å². The number of amides is 2. The van der Waals surface area contributed by atoms with Crippen molar-refractivity contribution in [2.45, 2.75) is 0 Å². The van der Waals surface area contributed by atoms with Crippen LogP contribution in [-0.4, -0.2) is 43.0 Å². The molecular formula is C18H17ClN2O3. The molecule has 0 aliphatic carbocycles. The summed E-state index contributed by atoms with van der Waals surface area (Å²) in [6.45, 7) is 2.22. The van der Waals surface area contributed by atoms with Crippen LogP contribution in [0.4, 0.5) is 5.69 Å². The molecule has 3 rings (SSSR count). The van der Waals surface area contributed by atoms with Crippen molar-refractivity contribution in [3.63, 3.8) is 0 Å². The molecule has 24 heavy (non-hydrogen) atoms. The fourth-order valence-corrected chi connectivity index (χ4v) is 2.70. The Kier molecular flexibility index (Phi) is 5.13. The molecule has 2 amide bonds. The predicted molar refractivity (Wildman–Crippen MR) is 92.6 cm³/mol. The van der Waals surface area contributed by atoms with Crippen LogP contribution in [0.3, 0.4) is 0 Å². The molecule has 124 valence electrons. The van der Waals surface area contributed by atoms with Gasteiger partial charge in [-0.3, -0.25) is 9.59 Å². The van der Waals surface area contributed by atoms with Crippen molar-refractivity contribution in [1.29, 1.82) is 0 Å². The van der Waals surface area contributed by atoms with Gasteiger partial charge in [-0.1, -0.05) is 23.7 Å². The fourth-order valence-electron chi connectivity index (χ4n) is 2.51. The number of hydrogen-bond donors (Lipinski definition) is 1. The van der Waals surface area contributed by atoms with Gasteiger partial charge in [0.1, 0.15) is 0 Å². The normalized spacial score (nSPS) is 14.3. The highest BCUT2D eigenvalue weighted by Gasteiger charge is 2.19. The average molecular weight is 345 g/mol. The number of rotatable bonds is 3. The van der Waals surface area contributed by atoms with Gasteiger partial charge in [-0.15, -0.1) is 0 Å². The zero-order valence-electron chi connectivity index (χ0n) is 13.0. The van der Waals surface area contributed by atoms with Crippen LogP contribution in [-0.2, 0) is 4.74 Å². The largest absolute Gasteiger partial charge is 0.378 e. The van der Waals surface area contributed by atoms with Gasteiger partial charge >= 0.3 is 0 Å². The summed E-state index contributed by atoms with van der Waals surface area (Å²) in [5.41, 5.74) is 1.53. The summed E-state index contributed by atoms with van der Waals surface area (Å²) in [4.78, 5) is 26.6. The minimum Gasteiger partial charge on any atom is -0.378 e. The number of morpholine rings is 1. The Balaban J connectivity index is 1.74. The Bertz CT molecular complexity index is 757. The topological polar surface area (TPSA) is 58.6 Å². The second-order valence-electron chi connectivity index (χ2n) is 5.45. The molecule has 0 saturated carbocycles. The van der Waals surface area contributed by atoms with E-state index in [-0.39, 0.29) is 11.8 Å². The highest BCUT2D eigenvalue weighted by atomic mass is 35.5. The molecule has 0 aromatic heterocycles. The third kappa shape index (κ3) is 3.93. The van der Waals surface area contributed by atoms with Crippen LogP contribution >= 0.6 is 11.6 Å². The standard InChI is InChI=1S/C18H17ClN2O3/c19-15-5-2-6-16(12-15)20-17(22)13-3-1-4-14(11-13)18(23)21-7-9-24-10-8-21/h1-6,11-12H,7-10H2,(H,20,22). The van der Waals surface area contributed by atoms with Gasteiger partial charge in [-0.25, -0.2) is 0 Å². The van der Waals surface area contributed by atoms with E-state index in [1.54, 1.807) is 53.4 Å². The summed E-state index contributed by atoms with van der Waals surface area (Å²) < 4.78 is 5.25. The van der Waals surface area contributed by atoms with E-state index in [1.807, 2.05) is 0 Å². The molecule has 2 aromatic carbocycles. The smallest absolute Gasteiger partial charge is 0.255 e. The van der Waals surface area contributed by atoms with Crippen LogP contribution in [0, 0.1) is 0 Å². The van der Waals surface area contributed by atoms with Crippen molar-refractivity contribution >= 4 is 29.1 Å². The molecule has 5 nitrogen and oxygen atoms in total. The van der Waals surface area contributed by atoms with Gasteiger partial charge in [0.2, 0.25) is 0 Å². The van der Waals surface area contributed by atoms with Gasteiger partial charge < -0.3 is 15.0 Å². The van der Waals surface area contributed by atoms with E-state index in [0.29, 0.717) is 48.1 Å². The van der Waals surface area contributed by atoms with E-state index in [0.717, 1.165) is 0 Å². The molecule has 2 aromatic rings. The highest BCUT2D eigenvalue weighted by Crippen LogP contribution is 2.17. The van der Waals surface area contributed by atoms with E-state index >= 15 is 0 Å². The Labute approximate surface area is 145 Å². The predicted octanol–water partition coefficient (Wildman–Crippen LogP) is 3.06. The van der Waals surface area contributed by atoms with Crippen LogP contribution in [0.25, 0.3) is 0 Å². The third-order valence-corrected chi connectivity index (χ3v) is 3.99. The van der Waals surface area contributed by atoms with Crippen molar-refractivity contribution in [2.24, 2.45) is 0 Å². The lowest BCUT2D eigenvalue weighted by atomic mass is 10.1. The van der Waals surface area contributed by atoms with E-state index < -0.39 is 0 Å². The summed E-state index contributed by atoms with van der Waals surface area (Å²) in [5.74, 6) is -0.371. The summed E-state index contributed by atoms with van der Waals surface area (Å²) in [6, 6.07) is 13.6. The van der Waals surface area contributed by atoms with Crippen LogP contribution in [0.5, 0.6) is 0 Å². The minimum absolute atomic E-state index is 0.0873. The lowest BCUT2D eigenvalue weighted by Crippen LogP contribution is -2.40. The van der Waals surface area contributed by atoms with Crippen molar-refractivity contribution in [3.8, 4) is 0 Å². The fraction of sp³-hybridized carbons (Fsp3) is 0.222. The molecule has 1 aliphatic rings. The molecule has 1 aliphatic heterocycles. The first-order chi connectivity index (χ1) is 11.6. The molecule has 0 radical (unpaired) electrons. The maximum absolute atomic E-state index is 12.5. The van der Waals surface area contributed by atoms with Crippen molar-refractivity contribution in [1.82, 2.24) is 4.90 Å². The molecule has 0 spiro atoms. The SMILES string of the molecule is O=C(Nc1cccc(Cl)c1)c1cccc(C(=O)N2CCOCC2)c1. The Morgan fingerprint density at radius 1 is 1.00 bits per heavy atom. The maximum Gasteiger partial charge on any atom is 0.255 e. The summed E-state index contributed by atoms with van der Waals surface area (Å²) in [5, 5.41) is 3.32. The molecule has 0 bridgehead atoms. The number of carbonyl (C=O) groups excluding carboxylic acids is 2. The lowest BCUT2D eigenvalue weighted by Gasteiger charge is -2.27. The van der Waals surface area contributed by atoms with Gasteiger partial charge in [-0.05, 0) is 36.4 Å². The zero-order chi connectivity index (χ0) is 16.9. The third-order valence-electron chi connectivity index (χ3n) is 3.75. The van der Waals surface area contributed by atoms with Crippen LogP contribution in [0.2, 0.25) is 5.02 Å². The Hall–Kier alpha value is -2.37. The van der Waals surface area contributed by atoms with Gasteiger partial charge in [0, 0.05) is 34.9 Å². The highest BCUT2D eigenvalue weighted by molar-refractivity contribution is 6.31. The van der Waals surface area contributed by atoms with Gasteiger partial charge in [0.15, 0.2) is 0 Å². The first-order valence-corrected chi connectivity index (χ1v) is 8.05. The second kappa shape index (κ2) is 7.47. The van der Waals surface area contributed by atoms with E-state index in [4.69, 9.17) is 16.3 Å². The number of carbonyl (C=O) groups is 2. The second-order valence-corrected chi connectivity index (χ2v) is 5.89. The minimum atomic E-state index is -0.283. The van der Waals surface area contributed by atoms with E-state index in [9.17, 15) is 9.59 Å². The van der Waals surface area contributed by atoms with Crippen LogP contribution in [0.1, 0.15) is 20.7 Å².